The Labute approximate surface area is 113 Å². The quantitative estimate of drug-likeness (QED) is 0.764. The lowest BCUT2D eigenvalue weighted by molar-refractivity contribution is 0.277. The second-order valence-corrected chi connectivity index (χ2v) is 5.68. The predicted octanol–water partition coefficient (Wildman–Crippen LogP) is 3.76. The lowest BCUT2D eigenvalue weighted by Crippen LogP contribution is -2.22. The maximum atomic E-state index is 9.15. The van der Waals surface area contributed by atoms with E-state index in [0.29, 0.717) is 0 Å². The van der Waals surface area contributed by atoms with Crippen LogP contribution in [0.3, 0.4) is 0 Å². The summed E-state index contributed by atoms with van der Waals surface area (Å²) < 4.78 is 5.91. The van der Waals surface area contributed by atoms with Crippen LogP contribution in [0.5, 0.6) is 5.75 Å². The number of allylic oxidation sites excluding steroid dienone is 2. The second kappa shape index (κ2) is 4.78. The van der Waals surface area contributed by atoms with E-state index in [1.807, 2.05) is 30.3 Å². The Kier molecular flexibility index (Phi) is 3.32. The van der Waals surface area contributed by atoms with Crippen LogP contribution >= 0.6 is 0 Å². The van der Waals surface area contributed by atoms with E-state index in [9.17, 15) is 0 Å². The number of hydrogen-bond acceptors (Lipinski definition) is 3. The van der Waals surface area contributed by atoms with Gasteiger partial charge in [-0.15, -0.1) is 0 Å². The van der Waals surface area contributed by atoms with Gasteiger partial charge >= 0.3 is 0 Å². The summed E-state index contributed by atoms with van der Waals surface area (Å²) >= 11 is 0. The number of rotatable bonds is 1. The molecular formula is C16H16N2O. The topological polar surface area (TPSA) is 56.8 Å². The molecule has 0 aromatic heterocycles. The third-order valence-corrected chi connectivity index (χ3v) is 3.21. The Morgan fingerprint density at radius 1 is 1.16 bits per heavy atom. The van der Waals surface area contributed by atoms with Crippen LogP contribution < -0.4 is 4.74 Å². The highest BCUT2D eigenvalue weighted by Crippen LogP contribution is 2.42. The molecule has 2 rings (SSSR count). The smallest absolute Gasteiger partial charge is 0.143 e. The van der Waals surface area contributed by atoms with Gasteiger partial charge in [0.2, 0.25) is 0 Å². The SMILES string of the molecule is CC(C)(C)C1=C[C@H](C(C#N)C#N)c2ccccc2O1. The lowest BCUT2D eigenvalue weighted by atomic mass is 9.81. The van der Waals surface area contributed by atoms with Crippen molar-refractivity contribution in [2.45, 2.75) is 26.7 Å². The molecule has 3 heteroatoms. The first-order chi connectivity index (χ1) is 8.97. The van der Waals surface area contributed by atoms with Gasteiger partial charge in [-0.05, 0) is 12.1 Å². The van der Waals surface area contributed by atoms with E-state index < -0.39 is 5.92 Å². The standard InChI is InChI=1S/C16H16N2O/c1-16(2,3)15-8-13(11(9-17)10-18)12-6-4-5-7-14(12)19-15/h4-8,11,13H,1-3H3/t13-/m1/s1. The summed E-state index contributed by atoms with van der Waals surface area (Å²) in [5.74, 6) is 0.638. The van der Waals surface area contributed by atoms with Crippen molar-refractivity contribution >= 4 is 0 Å². The third kappa shape index (κ3) is 2.46. The normalized spacial score (nSPS) is 17.8. The first-order valence-electron chi connectivity index (χ1n) is 6.25. The van der Waals surface area contributed by atoms with Gasteiger partial charge in [-0.1, -0.05) is 39.0 Å². The Hall–Kier alpha value is -2.26. The molecule has 1 aromatic carbocycles. The fourth-order valence-electron chi connectivity index (χ4n) is 2.12. The van der Waals surface area contributed by atoms with Gasteiger partial charge in [-0.3, -0.25) is 0 Å². The van der Waals surface area contributed by atoms with E-state index in [-0.39, 0.29) is 11.3 Å². The summed E-state index contributed by atoms with van der Waals surface area (Å²) in [5.41, 5.74) is 0.755. The summed E-state index contributed by atoms with van der Waals surface area (Å²) in [4.78, 5) is 0. The van der Waals surface area contributed by atoms with Gasteiger partial charge in [0.15, 0.2) is 0 Å². The molecule has 96 valence electrons. The molecule has 1 aliphatic rings. The molecule has 0 fully saturated rings. The van der Waals surface area contributed by atoms with Crippen LogP contribution in [0.1, 0.15) is 32.3 Å². The number of ether oxygens (including phenoxy) is 1. The Morgan fingerprint density at radius 2 is 1.79 bits per heavy atom. The first-order valence-corrected chi connectivity index (χ1v) is 6.25. The van der Waals surface area contributed by atoms with Crippen LogP contribution in [0.15, 0.2) is 36.1 Å². The van der Waals surface area contributed by atoms with Gasteiger partial charge in [0.25, 0.3) is 0 Å². The average Bonchev–Trinajstić information content (AvgIpc) is 2.38. The van der Waals surface area contributed by atoms with Crippen molar-refractivity contribution < 1.29 is 4.74 Å². The van der Waals surface area contributed by atoms with E-state index >= 15 is 0 Å². The van der Waals surface area contributed by atoms with Crippen molar-refractivity contribution in [3.05, 3.63) is 41.7 Å². The van der Waals surface area contributed by atoms with Gasteiger partial charge in [-0.25, -0.2) is 0 Å². The molecule has 0 unspecified atom stereocenters. The maximum absolute atomic E-state index is 9.15. The van der Waals surface area contributed by atoms with Gasteiger partial charge in [0.1, 0.15) is 17.4 Å². The van der Waals surface area contributed by atoms with Crippen LogP contribution in [-0.4, -0.2) is 0 Å². The van der Waals surface area contributed by atoms with E-state index in [2.05, 4.69) is 32.9 Å². The predicted molar refractivity (Wildman–Crippen MR) is 72.1 cm³/mol. The highest BCUT2D eigenvalue weighted by Gasteiger charge is 2.32. The zero-order valence-corrected chi connectivity index (χ0v) is 11.3. The third-order valence-electron chi connectivity index (χ3n) is 3.21. The minimum atomic E-state index is -0.692. The molecule has 1 atom stereocenters. The summed E-state index contributed by atoms with van der Waals surface area (Å²) in [6.07, 6.45) is 1.92. The number of fused-ring (bicyclic) bond motifs is 1. The van der Waals surface area contributed by atoms with Crippen LogP contribution in [0.2, 0.25) is 0 Å². The second-order valence-electron chi connectivity index (χ2n) is 5.68. The molecule has 0 saturated carbocycles. The number of para-hydroxylation sites is 1. The molecule has 1 heterocycles. The molecule has 0 spiro atoms. The summed E-state index contributed by atoms with van der Waals surface area (Å²) in [5, 5.41) is 18.3. The van der Waals surface area contributed by atoms with Gasteiger partial charge < -0.3 is 4.74 Å². The molecular weight excluding hydrogens is 236 g/mol. The molecule has 0 N–H and O–H groups in total. The largest absolute Gasteiger partial charge is 0.461 e. The number of nitriles is 2. The Morgan fingerprint density at radius 3 is 2.37 bits per heavy atom. The van der Waals surface area contributed by atoms with E-state index in [0.717, 1.165) is 17.1 Å². The van der Waals surface area contributed by atoms with E-state index in [4.69, 9.17) is 15.3 Å². The number of benzene rings is 1. The average molecular weight is 252 g/mol. The van der Waals surface area contributed by atoms with Gasteiger partial charge in [0, 0.05) is 16.9 Å². The van der Waals surface area contributed by atoms with Crippen molar-refractivity contribution in [2.24, 2.45) is 11.3 Å². The van der Waals surface area contributed by atoms with Crippen molar-refractivity contribution in [3.63, 3.8) is 0 Å². The maximum Gasteiger partial charge on any atom is 0.143 e. The highest BCUT2D eigenvalue weighted by atomic mass is 16.5. The first kappa shape index (κ1) is 13.2. The zero-order chi connectivity index (χ0) is 14.0. The summed E-state index contributed by atoms with van der Waals surface area (Å²) in [6.45, 7) is 6.16. The lowest BCUT2D eigenvalue weighted by Gasteiger charge is -2.31. The zero-order valence-electron chi connectivity index (χ0n) is 11.3. The minimum Gasteiger partial charge on any atom is -0.461 e. The molecule has 19 heavy (non-hydrogen) atoms. The van der Waals surface area contributed by atoms with Crippen LogP contribution in [0, 0.1) is 34.0 Å². The van der Waals surface area contributed by atoms with Crippen LogP contribution in [0.25, 0.3) is 0 Å². The molecule has 3 nitrogen and oxygen atoms in total. The summed E-state index contributed by atoms with van der Waals surface area (Å²) in [7, 11) is 0. The molecule has 0 bridgehead atoms. The Bertz CT molecular complexity index is 582. The molecule has 0 radical (unpaired) electrons. The highest BCUT2D eigenvalue weighted by molar-refractivity contribution is 5.45. The number of hydrogen-bond donors (Lipinski definition) is 0. The van der Waals surface area contributed by atoms with Crippen LogP contribution in [-0.2, 0) is 0 Å². The summed E-state index contributed by atoms with van der Waals surface area (Å²) in [6, 6.07) is 11.7. The fourth-order valence-corrected chi connectivity index (χ4v) is 2.12. The minimum absolute atomic E-state index is 0.152. The molecule has 0 saturated heterocycles. The van der Waals surface area contributed by atoms with E-state index in [1.165, 1.54) is 0 Å². The molecule has 1 aromatic rings. The van der Waals surface area contributed by atoms with E-state index in [1.54, 1.807) is 0 Å². The van der Waals surface area contributed by atoms with Gasteiger partial charge in [-0.2, -0.15) is 10.5 Å². The molecule has 1 aliphatic heterocycles. The Balaban J connectivity index is 2.54. The molecule has 0 amide bonds. The van der Waals surface area contributed by atoms with Gasteiger partial charge in [0.05, 0.1) is 12.1 Å². The monoisotopic (exact) mass is 252 g/mol. The van der Waals surface area contributed by atoms with Crippen molar-refractivity contribution in [1.29, 1.82) is 10.5 Å². The number of nitrogens with zero attached hydrogens (tertiary/aromatic N) is 2. The fraction of sp³-hybridized carbons (Fsp3) is 0.375. The molecule has 0 aliphatic carbocycles. The van der Waals surface area contributed by atoms with Crippen molar-refractivity contribution in [2.75, 3.05) is 0 Å². The van der Waals surface area contributed by atoms with Crippen molar-refractivity contribution in [3.8, 4) is 17.9 Å². The van der Waals surface area contributed by atoms with Crippen molar-refractivity contribution in [1.82, 2.24) is 0 Å². The van der Waals surface area contributed by atoms with Crippen LogP contribution in [0.4, 0.5) is 0 Å².